The lowest BCUT2D eigenvalue weighted by atomic mass is 10.0. The number of alkyl halides is 1. The Morgan fingerprint density at radius 2 is 2.40 bits per heavy atom. The first-order valence-electron chi connectivity index (χ1n) is 7.02. The smallest absolute Gasteiger partial charge is 0.219 e. The molecule has 0 aromatic heterocycles. The van der Waals surface area contributed by atoms with Gasteiger partial charge in [0.1, 0.15) is 0 Å². The number of carbonyl (C=O) groups is 1. The largest absolute Gasteiger partial charge is 0.359 e. The van der Waals surface area contributed by atoms with Gasteiger partial charge < -0.3 is 10.6 Å². The number of amides is 1. The maximum atomic E-state index is 11.2. The van der Waals surface area contributed by atoms with E-state index in [0.29, 0.717) is 6.42 Å². The molecule has 2 rings (SSSR count). The molecule has 1 aromatic rings. The Hall–Kier alpha value is -0.710. The highest BCUT2D eigenvalue weighted by Gasteiger charge is 2.18. The summed E-state index contributed by atoms with van der Waals surface area (Å²) in [4.78, 5) is 12.5. The van der Waals surface area contributed by atoms with Gasteiger partial charge in [-0.05, 0) is 42.3 Å². The molecule has 0 spiro atoms. The molecule has 3 nitrogen and oxygen atoms in total. The van der Waals surface area contributed by atoms with Crippen LogP contribution in [0.5, 0.6) is 0 Å². The summed E-state index contributed by atoms with van der Waals surface area (Å²) in [6, 6.07) is 6.38. The molecule has 110 valence electrons. The number of rotatable bonds is 5. The van der Waals surface area contributed by atoms with Crippen LogP contribution < -0.4 is 10.6 Å². The van der Waals surface area contributed by atoms with E-state index < -0.39 is 0 Å². The summed E-state index contributed by atoms with van der Waals surface area (Å²) < 4.78 is 0. The van der Waals surface area contributed by atoms with E-state index in [1.54, 1.807) is 7.05 Å². The zero-order valence-corrected chi connectivity index (χ0v) is 13.3. The highest BCUT2D eigenvalue weighted by atomic mass is 35.5. The zero-order valence-electron chi connectivity index (χ0n) is 11.7. The topological polar surface area (TPSA) is 41.1 Å². The van der Waals surface area contributed by atoms with Gasteiger partial charge in [0.2, 0.25) is 5.91 Å². The Labute approximate surface area is 129 Å². The highest BCUT2D eigenvalue weighted by molar-refractivity contribution is 7.99. The Morgan fingerprint density at radius 3 is 3.20 bits per heavy atom. The SMILES string of the molecule is CNC(=O)CCCSc1cccc2c1CCNCC2Cl. The van der Waals surface area contributed by atoms with Gasteiger partial charge in [-0.2, -0.15) is 0 Å². The molecular weight excluding hydrogens is 292 g/mol. The minimum Gasteiger partial charge on any atom is -0.359 e. The summed E-state index contributed by atoms with van der Waals surface area (Å²) in [5.74, 6) is 1.08. The standard InChI is InChI=1S/C15H21ClN2OS/c1-17-15(19)6-3-9-20-14-5-2-4-11-12(14)7-8-18-10-13(11)16/h2,4-5,13,18H,3,6-10H2,1H3,(H,17,19). The molecule has 1 atom stereocenters. The van der Waals surface area contributed by atoms with E-state index in [0.717, 1.165) is 31.7 Å². The lowest BCUT2D eigenvalue weighted by Crippen LogP contribution is -2.17. The molecule has 1 amide bonds. The predicted octanol–water partition coefficient (Wildman–Crippen LogP) is 2.73. The summed E-state index contributed by atoms with van der Waals surface area (Å²) in [5.41, 5.74) is 2.63. The number of thioether (sulfide) groups is 1. The van der Waals surface area contributed by atoms with Crippen molar-refractivity contribution >= 4 is 29.3 Å². The van der Waals surface area contributed by atoms with Crippen LogP contribution in [0.25, 0.3) is 0 Å². The van der Waals surface area contributed by atoms with Gasteiger partial charge in [0.25, 0.3) is 0 Å². The predicted molar refractivity (Wildman–Crippen MR) is 85.6 cm³/mol. The van der Waals surface area contributed by atoms with Crippen LogP contribution in [-0.4, -0.2) is 31.8 Å². The number of benzene rings is 1. The molecule has 5 heteroatoms. The van der Waals surface area contributed by atoms with Gasteiger partial charge in [0, 0.05) is 24.9 Å². The van der Waals surface area contributed by atoms with Gasteiger partial charge in [0.15, 0.2) is 0 Å². The van der Waals surface area contributed by atoms with Gasteiger partial charge >= 0.3 is 0 Å². The molecule has 0 radical (unpaired) electrons. The zero-order chi connectivity index (χ0) is 14.4. The van der Waals surface area contributed by atoms with Crippen molar-refractivity contribution in [1.82, 2.24) is 10.6 Å². The van der Waals surface area contributed by atoms with E-state index in [9.17, 15) is 4.79 Å². The van der Waals surface area contributed by atoms with Gasteiger partial charge in [-0.1, -0.05) is 12.1 Å². The maximum absolute atomic E-state index is 11.2. The molecule has 1 aliphatic heterocycles. The maximum Gasteiger partial charge on any atom is 0.219 e. The van der Waals surface area contributed by atoms with Gasteiger partial charge in [-0.25, -0.2) is 0 Å². The van der Waals surface area contributed by atoms with Gasteiger partial charge in [0.05, 0.1) is 5.38 Å². The number of hydrogen-bond donors (Lipinski definition) is 2. The molecule has 1 aromatic carbocycles. The van der Waals surface area contributed by atoms with Crippen LogP contribution >= 0.6 is 23.4 Å². The van der Waals surface area contributed by atoms with Crippen molar-refractivity contribution in [2.24, 2.45) is 0 Å². The molecule has 0 bridgehead atoms. The van der Waals surface area contributed by atoms with E-state index in [4.69, 9.17) is 11.6 Å². The first-order valence-corrected chi connectivity index (χ1v) is 8.44. The molecule has 0 aliphatic carbocycles. The van der Waals surface area contributed by atoms with Crippen molar-refractivity contribution in [3.63, 3.8) is 0 Å². The monoisotopic (exact) mass is 312 g/mol. The van der Waals surface area contributed by atoms with Crippen LogP contribution in [0.3, 0.4) is 0 Å². The van der Waals surface area contributed by atoms with Crippen molar-refractivity contribution in [3.8, 4) is 0 Å². The Bertz CT molecular complexity index is 467. The van der Waals surface area contributed by atoms with Crippen molar-refractivity contribution < 1.29 is 4.79 Å². The van der Waals surface area contributed by atoms with Crippen molar-refractivity contribution in [3.05, 3.63) is 29.3 Å². The lowest BCUT2D eigenvalue weighted by Gasteiger charge is -2.14. The van der Waals surface area contributed by atoms with Crippen molar-refractivity contribution in [2.45, 2.75) is 29.5 Å². The molecule has 0 saturated carbocycles. The average molecular weight is 313 g/mol. The second-order valence-corrected chi connectivity index (χ2v) is 6.53. The second kappa shape index (κ2) is 7.91. The molecule has 1 heterocycles. The minimum absolute atomic E-state index is 0.0546. The fourth-order valence-electron chi connectivity index (χ4n) is 2.37. The highest BCUT2D eigenvalue weighted by Crippen LogP contribution is 2.33. The number of nitrogens with one attached hydrogen (secondary N) is 2. The average Bonchev–Trinajstić information content (AvgIpc) is 2.66. The first kappa shape index (κ1) is 15.7. The van der Waals surface area contributed by atoms with E-state index in [1.807, 2.05) is 11.8 Å². The molecule has 20 heavy (non-hydrogen) atoms. The molecular formula is C15H21ClN2OS. The molecule has 1 unspecified atom stereocenters. The lowest BCUT2D eigenvalue weighted by molar-refractivity contribution is -0.120. The summed E-state index contributed by atoms with van der Waals surface area (Å²) in [5, 5.41) is 6.08. The minimum atomic E-state index is 0.0546. The molecule has 0 fully saturated rings. The molecule has 0 saturated heterocycles. The van der Waals surface area contributed by atoms with Crippen molar-refractivity contribution in [2.75, 3.05) is 25.9 Å². The third-order valence-corrected chi connectivity index (χ3v) is 5.04. The third kappa shape index (κ3) is 4.14. The first-order chi connectivity index (χ1) is 9.72. The van der Waals surface area contributed by atoms with Crippen LogP contribution in [0.4, 0.5) is 0 Å². The summed E-state index contributed by atoms with van der Waals surface area (Å²) in [7, 11) is 1.68. The van der Waals surface area contributed by atoms with Gasteiger partial charge in [-0.15, -0.1) is 23.4 Å². The van der Waals surface area contributed by atoms with Crippen LogP contribution in [-0.2, 0) is 11.2 Å². The van der Waals surface area contributed by atoms with E-state index >= 15 is 0 Å². The van der Waals surface area contributed by atoms with Crippen molar-refractivity contribution in [1.29, 1.82) is 0 Å². The number of carbonyl (C=O) groups excluding carboxylic acids is 1. The third-order valence-electron chi connectivity index (χ3n) is 3.47. The Morgan fingerprint density at radius 1 is 1.55 bits per heavy atom. The Kier molecular flexibility index (Phi) is 6.20. The Balaban J connectivity index is 1.98. The number of fused-ring (bicyclic) bond motifs is 1. The van der Waals surface area contributed by atoms with Crippen LogP contribution in [0.1, 0.15) is 29.3 Å². The second-order valence-electron chi connectivity index (χ2n) is 4.87. The van der Waals surface area contributed by atoms with Crippen LogP contribution in [0, 0.1) is 0 Å². The summed E-state index contributed by atoms with van der Waals surface area (Å²) in [6.07, 6.45) is 2.52. The van der Waals surface area contributed by atoms with E-state index in [1.165, 1.54) is 16.0 Å². The quantitative estimate of drug-likeness (QED) is 0.499. The summed E-state index contributed by atoms with van der Waals surface area (Å²) in [6.45, 7) is 1.81. The fraction of sp³-hybridized carbons (Fsp3) is 0.533. The molecule has 1 aliphatic rings. The normalized spacial score (nSPS) is 18.2. The van der Waals surface area contributed by atoms with E-state index in [2.05, 4.69) is 28.8 Å². The molecule has 2 N–H and O–H groups in total. The number of hydrogen-bond acceptors (Lipinski definition) is 3. The van der Waals surface area contributed by atoms with Crippen LogP contribution in [0.2, 0.25) is 0 Å². The summed E-state index contributed by atoms with van der Waals surface area (Å²) >= 11 is 8.25. The number of halogens is 1. The van der Waals surface area contributed by atoms with Crippen LogP contribution in [0.15, 0.2) is 23.1 Å². The van der Waals surface area contributed by atoms with E-state index in [-0.39, 0.29) is 11.3 Å². The fourth-order valence-corrected chi connectivity index (χ4v) is 3.76. The van der Waals surface area contributed by atoms with Gasteiger partial charge in [-0.3, -0.25) is 4.79 Å².